The number of urea groups is 1. The first-order valence-electron chi connectivity index (χ1n) is 4.49. The highest BCUT2D eigenvalue weighted by atomic mass is 19.1. The minimum atomic E-state index is -0.732. The van der Waals surface area contributed by atoms with Gasteiger partial charge in [0.15, 0.2) is 17.4 Å². The Balaban J connectivity index is 3.15. The molecule has 0 saturated heterocycles. The summed E-state index contributed by atoms with van der Waals surface area (Å²) in [7, 11) is 3.97. The summed E-state index contributed by atoms with van der Waals surface area (Å²) in [5.41, 5.74) is -0.155. The molecule has 0 saturated carbocycles. The molecule has 0 aliphatic carbocycles. The minimum absolute atomic E-state index is 0.155. The second-order valence-electron chi connectivity index (χ2n) is 3.05. The van der Waals surface area contributed by atoms with Crippen molar-refractivity contribution in [2.24, 2.45) is 0 Å². The molecule has 0 aliphatic rings. The zero-order valence-corrected chi connectivity index (χ0v) is 9.17. The molecule has 1 rings (SSSR count). The van der Waals surface area contributed by atoms with E-state index in [0.29, 0.717) is 0 Å². The number of nitrogens with one attached hydrogen (secondary N) is 1. The Hall–Kier alpha value is -1.85. The van der Waals surface area contributed by atoms with E-state index in [0.717, 1.165) is 17.0 Å². The Morgan fingerprint density at radius 2 is 2.00 bits per heavy atom. The van der Waals surface area contributed by atoms with Crippen molar-refractivity contribution >= 4 is 11.7 Å². The third-order valence-electron chi connectivity index (χ3n) is 2.10. The highest BCUT2D eigenvalue weighted by Gasteiger charge is 2.17. The lowest BCUT2D eigenvalue weighted by Crippen LogP contribution is -2.35. The van der Waals surface area contributed by atoms with Gasteiger partial charge in [-0.3, -0.25) is 4.90 Å². The van der Waals surface area contributed by atoms with Gasteiger partial charge in [-0.1, -0.05) is 0 Å². The molecule has 6 heteroatoms. The van der Waals surface area contributed by atoms with Crippen molar-refractivity contribution in [3.63, 3.8) is 0 Å². The largest absolute Gasteiger partial charge is 0.494 e. The van der Waals surface area contributed by atoms with Gasteiger partial charge in [-0.05, 0) is 0 Å². The second kappa shape index (κ2) is 4.78. The molecule has 2 amide bonds. The number of methoxy groups -OCH3 is 1. The summed E-state index contributed by atoms with van der Waals surface area (Å²) in [6, 6.07) is 1.26. The molecule has 0 bridgehead atoms. The molecule has 88 valence electrons. The van der Waals surface area contributed by atoms with Crippen LogP contribution in [0.2, 0.25) is 0 Å². The maximum atomic E-state index is 13.5. The first-order chi connectivity index (χ1) is 7.51. The van der Waals surface area contributed by atoms with E-state index < -0.39 is 17.7 Å². The van der Waals surface area contributed by atoms with Crippen LogP contribution in [0.3, 0.4) is 0 Å². The number of nitrogens with zero attached hydrogens (tertiary/aromatic N) is 1. The normalized spacial score (nSPS) is 9.81. The van der Waals surface area contributed by atoms with Crippen LogP contribution in [0.4, 0.5) is 19.3 Å². The van der Waals surface area contributed by atoms with E-state index in [1.807, 2.05) is 0 Å². The molecule has 0 fully saturated rings. The number of benzene rings is 1. The maximum Gasteiger partial charge on any atom is 0.321 e. The number of ether oxygens (including phenoxy) is 1. The summed E-state index contributed by atoms with van der Waals surface area (Å²) in [6.07, 6.45) is 0. The van der Waals surface area contributed by atoms with Crippen molar-refractivity contribution in [1.82, 2.24) is 5.32 Å². The van der Waals surface area contributed by atoms with E-state index in [2.05, 4.69) is 10.1 Å². The molecule has 0 heterocycles. The number of hydrogen-bond acceptors (Lipinski definition) is 2. The number of anilines is 1. The molecular formula is C10H12F2N2O2. The van der Waals surface area contributed by atoms with Gasteiger partial charge in [0.05, 0.1) is 12.8 Å². The van der Waals surface area contributed by atoms with E-state index in [1.54, 1.807) is 0 Å². The van der Waals surface area contributed by atoms with E-state index in [1.165, 1.54) is 21.2 Å². The number of hydrogen-bond donors (Lipinski definition) is 1. The Morgan fingerprint density at radius 3 is 2.50 bits per heavy atom. The number of halogens is 2. The molecule has 0 spiro atoms. The van der Waals surface area contributed by atoms with Crippen LogP contribution in [0.5, 0.6) is 5.75 Å². The van der Waals surface area contributed by atoms with Crippen molar-refractivity contribution in [2.45, 2.75) is 0 Å². The summed E-state index contributed by atoms with van der Waals surface area (Å²) >= 11 is 0. The fourth-order valence-corrected chi connectivity index (χ4v) is 1.21. The third-order valence-corrected chi connectivity index (χ3v) is 2.10. The van der Waals surface area contributed by atoms with Gasteiger partial charge in [0, 0.05) is 26.2 Å². The van der Waals surface area contributed by atoms with Crippen LogP contribution in [0.25, 0.3) is 0 Å². The monoisotopic (exact) mass is 230 g/mol. The van der Waals surface area contributed by atoms with Gasteiger partial charge in [-0.15, -0.1) is 0 Å². The smallest absolute Gasteiger partial charge is 0.321 e. The van der Waals surface area contributed by atoms with Gasteiger partial charge in [0.2, 0.25) is 0 Å². The number of carbonyl (C=O) groups excluding carboxylic acids is 1. The summed E-state index contributed by atoms with van der Waals surface area (Å²) < 4.78 is 31.4. The summed E-state index contributed by atoms with van der Waals surface area (Å²) in [5.74, 6) is -1.66. The predicted molar refractivity (Wildman–Crippen MR) is 55.8 cm³/mol. The zero-order valence-electron chi connectivity index (χ0n) is 9.17. The van der Waals surface area contributed by atoms with E-state index in [9.17, 15) is 13.6 Å². The Labute approximate surface area is 91.8 Å². The molecule has 0 radical (unpaired) electrons. The molecule has 16 heavy (non-hydrogen) atoms. The van der Waals surface area contributed by atoms with Crippen molar-refractivity contribution in [3.05, 3.63) is 23.8 Å². The molecule has 4 nitrogen and oxygen atoms in total. The number of carbonyl (C=O) groups is 1. The fourth-order valence-electron chi connectivity index (χ4n) is 1.21. The quantitative estimate of drug-likeness (QED) is 0.840. The van der Waals surface area contributed by atoms with E-state index in [4.69, 9.17) is 0 Å². The Kier molecular flexibility index (Phi) is 3.65. The molecule has 0 aliphatic heterocycles. The lowest BCUT2D eigenvalue weighted by atomic mass is 10.2. The van der Waals surface area contributed by atoms with Gasteiger partial charge in [-0.2, -0.15) is 0 Å². The average molecular weight is 230 g/mol. The molecule has 1 aromatic carbocycles. The van der Waals surface area contributed by atoms with Gasteiger partial charge < -0.3 is 10.1 Å². The van der Waals surface area contributed by atoms with Crippen molar-refractivity contribution < 1.29 is 18.3 Å². The SMILES string of the molecule is CNC(=O)N(C)c1cc(F)c(OC)cc1F. The standard InChI is InChI=1S/C10H12F2N2O2/c1-13-10(15)14(2)8-4-7(12)9(16-3)5-6(8)11/h4-5H,1-3H3,(H,13,15). The van der Waals surface area contributed by atoms with Gasteiger partial charge in [0.1, 0.15) is 0 Å². The average Bonchev–Trinajstić information content (AvgIpc) is 2.29. The summed E-state index contributed by atoms with van der Waals surface area (Å²) in [5, 5.41) is 2.31. The first-order valence-corrected chi connectivity index (χ1v) is 4.49. The van der Waals surface area contributed by atoms with Crippen molar-refractivity contribution in [3.8, 4) is 5.75 Å². The third kappa shape index (κ3) is 2.21. The van der Waals surface area contributed by atoms with Crippen LogP contribution in [-0.4, -0.2) is 27.2 Å². The zero-order chi connectivity index (χ0) is 12.3. The highest BCUT2D eigenvalue weighted by Crippen LogP contribution is 2.26. The maximum absolute atomic E-state index is 13.5. The van der Waals surface area contributed by atoms with Gasteiger partial charge in [-0.25, -0.2) is 13.6 Å². The van der Waals surface area contributed by atoms with Crippen LogP contribution in [0.1, 0.15) is 0 Å². The summed E-state index contributed by atoms with van der Waals surface area (Å²) in [4.78, 5) is 12.2. The molecule has 0 unspecified atom stereocenters. The number of rotatable bonds is 2. The summed E-state index contributed by atoms with van der Waals surface area (Å²) in [6.45, 7) is 0. The van der Waals surface area contributed by atoms with Crippen molar-refractivity contribution in [2.75, 3.05) is 26.1 Å². The van der Waals surface area contributed by atoms with Crippen LogP contribution < -0.4 is 15.0 Å². The lowest BCUT2D eigenvalue weighted by Gasteiger charge is -2.18. The van der Waals surface area contributed by atoms with Crippen molar-refractivity contribution in [1.29, 1.82) is 0 Å². The van der Waals surface area contributed by atoms with Crippen LogP contribution >= 0.6 is 0 Å². The Bertz CT molecular complexity index is 410. The van der Waals surface area contributed by atoms with Crippen LogP contribution in [0.15, 0.2) is 12.1 Å². The second-order valence-corrected chi connectivity index (χ2v) is 3.05. The topological polar surface area (TPSA) is 41.6 Å². The molecule has 1 aromatic rings. The van der Waals surface area contributed by atoms with Crippen LogP contribution in [-0.2, 0) is 0 Å². The predicted octanol–water partition coefficient (Wildman–Crippen LogP) is 1.75. The lowest BCUT2D eigenvalue weighted by molar-refractivity contribution is 0.249. The minimum Gasteiger partial charge on any atom is -0.494 e. The molecule has 0 aromatic heterocycles. The van der Waals surface area contributed by atoms with Gasteiger partial charge >= 0.3 is 6.03 Å². The van der Waals surface area contributed by atoms with Crippen LogP contribution in [0, 0.1) is 11.6 Å². The molecule has 0 atom stereocenters. The highest BCUT2D eigenvalue weighted by molar-refractivity contribution is 5.91. The Morgan fingerprint density at radius 1 is 1.38 bits per heavy atom. The van der Waals surface area contributed by atoms with E-state index in [-0.39, 0.29) is 11.4 Å². The first kappa shape index (κ1) is 12.2. The fraction of sp³-hybridized carbons (Fsp3) is 0.300. The van der Waals surface area contributed by atoms with Gasteiger partial charge in [0.25, 0.3) is 0 Å². The molecular weight excluding hydrogens is 218 g/mol. The number of amides is 2. The van der Waals surface area contributed by atoms with E-state index >= 15 is 0 Å². The molecule has 1 N–H and O–H groups in total.